The third-order valence-corrected chi connectivity index (χ3v) is 1.74. The van der Waals surface area contributed by atoms with Crippen molar-refractivity contribution in [2.75, 3.05) is 0 Å². The van der Waals surface area contributed by atoms with Crippen molar-refractivity contribution in [2.45, 2.75) is 25.4 Å². The molecular weight excluding hydrogens is 216 g/mol. The number of aliphatic hydroxyl groups is 2. The molecule has 0 aromatic heterocycles. The SMILES string of the molecule is CC(=O)OC1(O)C=CC(O)(OC(C)=O)C=C1. The minimum absolute atomic E-state index is 0.685. The van der Waals surface area contributed by atoms with E-state index in [9.17, 15) is 19.8 Å². The van der Waals surface area contributed by atoms with Gasteiger partial charge in [0.25, 0.3) is 11.6 Å². The maximum atomic E-state index is 10.7. The Morgan fingerprint density at radius 2 is 1.12 bits per heavy atom. The summed E-state index contributed by atoms with van der Waals surface area (Å²) in [6.07, 6.45) is 4.04. The van der Waals surface area contributed by atoms with Gasteiger partial charge in [-0.3, -0.25) is 9.59 Å². The van der Waals surface area contributed by atoms with Gasteiger partial charge in [-0.15, -0.1) is 0 Å². The molecule has 1 rings (SSSR count). The zero-order valence-electron chi connectivity index (χ0n) is 8.84. The summed E-state index contributed by atoms with van der Waals surface area (Å²) < 4.78 is 9.14. The van der Waals surface area contributed by atoms with Crippen LogP contribution >= 0.6 is 0 Å². The third-order valence-electron chi connectivity index (χ3n) is 1.74. The van der Waals surface area contributed by atoms with Crippen LogP contribution in [0.1, 0.15) is 13.8 Å². The molecule has 1 aliphatic rings. The van der Waals surface area contributed by atoms with Crippen molar-refractivity contribution in [3.63, 3.8) is 0 Å². The predicted octanol–water partition coefficient (Wildman–Crippen LogP) is -0.384. The maximum absolute atomic E-state index is 10.7. The van der Waals surface area contributed by atoms with Gasteiger partial charge in [-0.2, -0.15) is 0 Å². The minimum Gasteiger partial charge on any atom is -0.426 e. The van der Waals surface area contributed by atoms with E-state index < -0.39 is 23.5 Å². The van der Waals surface area contributed by atoms with Gasteiger partial charge in [0.2, 0.25) is 0 Å². The number of hydrogen-bond acceptors (Lipinski definition) is 6. The molecule has 2 N–H and O–H groups in total. The Balaban J connectivity index is 2.78. The molecule has 0 aromatic carbocycles. The fourth-order valence-electron chi connectivity index (χ4n) is 1.19. The summed E-state index contributed by atoms with van der Waals surface area (Å²) in [5.41, 5.74) is 0. The molecule has 6 nitrogen and oxygen atoms in total. The van der Waals surface area contributed by atoms with Crippen LogP contribution in [0.2, 0.25) is 0 Å². The van der Waals surface area contributed by atoms with Crippen LogP contribution in [0.5, 0.6) is 0 Å². The van der Waals surface area contributed by atoms with E-state index in [0.29, 0.717) is 0 Å². The summed E-state index contributed by atoms with van der Waals surface area (Å²) >= 11 is 0. The van der Waals surface area contributed by atoms with Gasteiger partial charge in [0.1, 0.15) is 0 Å². The summed E-state index contributed by atoms with van der Waals surface area (Å²) in [5.74, 6) is -5.21. The van der Waals surface area contributed by atoms with Crippen LogP contribution < -0.4 is 0 Å². The molecule has 0 bridgehead atoms. The fraction of sp³-hybridized carbons (Fsp3) is 0.400. The van der Waals surface area contributed by atoms with E-state index in [1.807, 2.05) is 0 Å². The van der Waals surface area contributed by atoms with E-state index in [4.69, 9.17) is 0 Å². The highest BCUT2D eigenvalue weighted by Gasteiger charge is 2.34. The van der Waals surface area contributed by atoms with Gasteiger partial charge < -0.3 is 19.7 Å². The van der Waals surface area contributed by atoms with Crippen molar-refractivity contribution >= 4 is 11.9 Å². The van der Waals surface area contributed by atoms with E-state index in [0.717, 1.165) is 38.2 Å². The van der Waals surface area contributed by atoms with Crippen LogP contribution in [0.25, 0.3) is 0 Å². The van der Waals surface area contributed by atoms with Crippen LogP contribution in [0.3, 0.4) is 0 Å². The van der Waals surface area contributed by atoms with Crippen LogP contribution in [0.15, 0.2) is 24.3 Å². The van der Waals surface area contributed by atoms with Gasteiger partial charge in [0, 0.05) is 13.8 Å². The first-order chi connectivity index (χ1) is 7.25. The van der Waals surface area contributed by atoms with Crippen molar-refractivity contribution in [1.82, 2.24) is 0 Å². The van der Waals surface area contributed by atoms with E-state index >= 15 is 0 Å². The van der Waals surface area contributed by atoms with E-state index in [-0.39, 0.29) is 0 Å². The second-order valence-electron chi connectivity index (χ2n) is 3.36. The number of rotatable bonds is 2. The Hall–Kier alpha value is -1.66. The topological polar surface area (TPSA) is 93.1 Å². The summed E-state index contributed by atoms with van der Waals surface area (Å²) in [6.45, 7) is 2.26. The Morgan fingerprint density at radius 1 is 0.875 bits per heavy atom. The van der Waals surface area contributed by atoms with E-state index in [1.54, 1.807) is 0 Å². The maximum Gasteiger partial charge on any atom is 0.305 e. The molecule has 16 heavy (non-hydrogen) atoms. The standard InChI is InChI=1S/C10H12O6/c1-7(11)15-9(13)3-5-10(14,6-4-9)16-8(2)12/h3-6,13-14H,1-2H3. The molecule has 0 atom stereocenters. The molecule has 0 fully saturated rings. The van der Waals surface area contributed by atoms with Crippen molar-refractivity contribution in [3.8, 4) is 0 Å². The Morgan fingerprint density at radius 3 is 1.31 bits per heavy atom. The number of carbonyl (C=O) groups excluding carboxylic acids is 2. The molecule has 0 radical (unpaired) electrons. The van der Waals surface area contributed by atoms with Crippen LogP contribution in [0.4, 0.5) is 0 Å². The molecule has 0 saturated heterocycles. The van der Waals surface area contributed by atoms with Crippen LogP contribution in [0, 0.1) is 0 Å². The average Bonchev–Trinajstić information content (AvgIpc) is 2.09. The zero-order valence-corrected chi connectivity index (χ0v) is 8.84. The minimum atomic E-state index is -1.92. The molecule has 0 saturated carbocycles. The molecule has 88 valence electrons. The quantitative estimate of drug-likeness (QED) is 0.380. The first kappa shape index (κ1) is 12.4. The second-order valence-corrected chi connectivity index (χ2v) is 3.36. The lowest BCUT2D eigenvalue weighted by molar-refractivity contribution is -0.185. The molecule has 0 heterocycles. The number of carbonyl (C=O) groups is 2. The van der Waals surface area contributed by atoms with Crippen LogP contribution in [-0.2, 0) is 19.1 Å². The molecule has 0 aliphatic heterocycles. The highest BCUT2D eigenvalue weighted by molar-refractivity contribution is 5.68. The highest BCUT2D eigenvalue weighted by atomic mass is 16.7. The second kappa shape index (κ2) is 4.07. The smallest absolute Gasteiger partial charge is 0.305 e. The molecule has 1 aliphatic carbocycles. The lowest BCUT2D eigenvalue weighted by Crippen LogP contribution is -2.38. The summed E-state index contributed by atoms with van der Waals surface area (Å²) in [6, 6.07) is 0. The highest BCUT2D eigenvalue weighted by Crippen LogP contribution is 2.24. The van der Waals surface area contributed by atoms with Crippen molar-refractivity contribution in [1.29, 1.82) is 0 Å². The normalized spacial score (nSPS) is 32.2. The van der Waals surface area contributed by atoms with Crippen molar-refractivity contribution in [2.24, 2.45) is 0 Å². The average molecular weight is 228 g/mol. The van der Waals surface area contributed by atoms with Gasteiger partial charge in [0.05, 0.1) is 0 Å². The Kier molecular flexibility index (Phi) is 3.16. The van der Waals surface area contributed by atoms with Gasteiger partial charge in [-0.1, -0.05) is 0 Å². The molecule has 0 unspecified atom stereocenters. The molecular formula is C10H12O6. The summed E-state index contributed by atoms with van der Waals surface area (Å²) in [5, 5.41) is 19.3. The van der Waals surface area contributed by atoms with Crippen molar-refractivity contribution in [3.05, 3.63) is 24.3 Å². The van der Waals surface area contributed by atoms with Gasteiger partial charge >= 0.3 is 11.9 Å². The van der Waals surface area contributed by atoms with Gasteiger partial charge in [-0.25, -0.2) is 0 Å². The molecule has 0 spiro atoms. The van der Waals surface area contributed by atoms with Crippen LogP contribution in [-0.4, -0.2) is 33.7 Å². The third kappa shape index (κ3) is 3.18. The zero-order chi connectivity index (χ0) is 12.4. The summed E-state index contributed by atoms with van der Waals surface area (Å²) in [7, 11) is 0. The summed E-state index contributed by atoms with van der Waals surface area (Å²) in [4.78, 5) is 21.3. The van der Waals surface area contributed by atoms with E-state index in [2.05, 4.69) is 9.47 Å². The molecule has 0 amide bonds. The molecule has 0 aromatic rings. The molecule has 6 heteroatoms. The lowest BCUT2D eigenvalue weighted by Gasteiger charge is -2.28. The first-order valence-corrected chi connectivity index (χ1v) is 4.49. The Labute approximate surface area is 91.8 Å². The Bertz CT molecular complexity index is 320. The number of hydrogen-bond donors (Lipinski definition) is 2. The van der Waals surface area contributed by atoms with Crippen molar-refractivity contribution < 1.29 is 29.3 Å². The fourth-order valence-corrected chi connectivity index (χ4v) is 1.19. The largest absolute Gasteiger partial charge is 0.426 e. The van der Waals surface area contributed by atoms with Gasteiger partial charge in [0.15, 0.2) is 0 Å². The first-order valence-electron chi connectivity index (χ1n) is 4.49. The van der Waals surface area contributed by atoms with E-state index in [1.165, 1.54) is 0 Å². The lowest BCUT2D eigenvalue weighted by atomic mass is 10.1. The van der Waals surface area contributed by atoms with Gasteiger partial charge in [-0.05, 0) is 24.3 Å². The number of ether oxygens (including phenoxy) is 2. The predicted molar refractivity (Wildman–Crippen MR) is 51.7 cm³/mol. The number of esters is 2. The monoisotopic (exact) mass is 228 g/mol.